The number of aryl methyl sites for hydroxylation is 1. The highest BCUT2D eigenvalue weighted by atomic mass is 32.2. The molecule has 1 aliphatic heterocycles. The van der Waals surface area contributed by atoms with Crippen molar-refractivity contribution in [2.24, 2.45) is 0 Å². The van der Waals surface area contributed by atoms with Gasteiger partial charge in [0.1, 0.15) is 10.8 Å². The van der Waals surface area contributed by atoms with E-state index in [-0.39, 0.29) is 9.79 Å². The van der Waals surface area contributed by atoms with Gasteiger partial charge >= 0.3 is 0 Å². The Bertz CT molecular complexity index is 1400. The second kappa shape index (κ2) is 9.40. The SMILES string of the molecule is CSc1nn2c(N3CCN(Cc4ccccc4)CC3)cc(C)nc2c1S(=O)(=O)c1ccccc1. The van der Waals surface area contributed by atoms with Crippen LogP contribution in [-0.4, -0.2) is 60.4 Å². The van der Waals surface area contributed by atoms with Crippen molar-refractivity contribution >= 4 is 33.1 Å². The highest BCUT2D eigenvalue weighted by molar-refractivity contribution is 7.99. The largest absolute Gasteiger partial charge is 0.354 e. The number of hydrogen-bond acceptors (Lipinski definition) is 7. The molecule has 1 aliphatic rings. The summed E-state index contributed by atoms with van der Waals surface area (Å²) in [5, 5.41) is 5.17. The molecular weight excluding hydrogens is 466 g/mol. The molecule has 7 nitrogen and oxygen atoms in total. The maximum atomic E-state index is 13.6. The van der Waals surface area contributed by atoms with Gasteiger partial charge in [0.15, 0.2) is 10.5 Å². The minimum Gasteiger partial charge on any atom is -0.354 e. The third kappa shape index (κ3) is 4.31. The second-order valence-electron chi connectivity index (χ2n) is 8.39. The maximum Gasteiger partial charge on any atom is 0.213 e. The Morgan fingerprint density at radius 3 is 2.24 bits per heavy atom. The van der Waals surface area contributed by atoms with Gasteiger partial charge in [0.2, 0.25) is 9.84 Å². The molecule has 0 amide bonds. The first-order chi connectivity index (χ1) is 16.5. The zero-order valence-electron chi connectivity index (χ0n) is 19.3. The predicted molar refractivity (Wildman–Crippen MR) is 135 cm³/mol. The molecule has 4 aromatic rings. The lowest BCUT2D eigenvalue weighted by atomic mass is 10.2. The zero-order valence-corrected chi connectivity index (χ0v) is 20.9. The van der Waals surface area contributed by atoms with E-state index in [9.17, 15) is 8.42 Å². The van der Waals surface area contributed by atoms with E-state index in [0.717, 1.165) is 44.2 Å². The number of benzene rings is 2. The summed E-state index contributed by atoms with van der Waals surface area (Å²) in [4.78, 5) is 9.78. The van der Waals surface area contributed by atoms with Crippen molar-refractivity contribution in [1.29, 1.82) is 0 Å². The normalized spacial score (nSPS) is 15.2. The Hall–Kier alpha value is -2.88. The fraction of sp³-hybridized carbons (Fsp3) is 0.280. The standard InChI is InChI=1S/C25H27N5O2S2/c1-19-17-22(29-15-13-28(14-16-29)18-20-9-5-3-6-10-20)30-24(26-19)23(25(27-30)33-2)34(31,32)21-11-7-4-8-12-21/h3-12,17H,13-16,18H2,1-2H3. The number of anilines is 1. The highest BCUT2D eigenvalue weighted by Crippen LogP contribution is 2.34. The number of fused-ring (bicyclic) bond motifs is 1. The second-order valence-corrected chi connectivity index (χ2v) is 11.1. The Kier molecular flexibility index (Phi) is 6.33. The molecule has 3 heterocycles. The average Bonchev–Trinajstić information content (AvgIpc) is 3.24. The van der Waals surface area contributed by atoms with E-state index in [1.165, 1.54) is 17.3 Å². The maximum absolute atomic E-state index is 13.6. The molecule has 0 saturated carbocycles. The number of nitrogens with zero attached hydrogens (tertiary/aromatic N) is 5. The van der Waals surface area contributed by atoms with Gasteiger partial charge in [0.25, 0.3) is 0 Å². The summed E-state index contributed by atoms with van der Waals surface area (Å²) in [6.07, 6.45) is 1.85. The van der Waals surface area contributed by atoms with Crippen LogP contribution in [0, 0.1) is 6.92 Å². The number of rotatable bonds is 6. The van der Waals surface area contributed by atoms with Crippen LogP contribution in [0.2, 0.25) is 0 Å². The molecule has 0 radical (unpaired) electrons. The number of aromatic nitrogens is 3. The molecule has 0 unspecified atom stereocenters. The molecule has 0 spiro atoms. The molecular formula is C25H27N5O2S2. The van der Waals surface area contributed by atoms with Crippen LogP contribution in [0.5, 0.6) is 0 Å². The summed E-state index contributed by atoms with van der Waals surface area (Å²) in [6.45, 7) is 6.34. The van der Waals surface area contributed by atoms with Gasteiger partial charge in [-0.2, -0.15) is 9.61 Å². The summed E-state index contributed by atoms with van der Waals surface area (Å²) in [7, 11) is -3.77. The molecule has 0 aliphatic carbocycles. The van der Waals surface area contributed by atoms with Crippen LogP contribution in [0.3, 0.4) is 0 Å². The molecule has 2 aromatic heterocycles. The van der Waals surface area contributed by atoms with Crippen molar-refractivity contribution < 1.29 is 8.42 Å². The third-order valence-corrected chi connectivity index (χ3v) is 8.69. The van der Waals surface area contributed by atoms with Crippen LogP contribution < -0.4 is 4.90 Å². The minimum absolute atomic E-state index is 0.180. The molecule has 0 bridgehead atoms. The van der Waals surface area contributed by atoms with Gasteiger partial charge in [-0.25, -0.2) is 13.4 Å². The molecule has 1 saturated heterocycles. The molecule has 1 fully saturated rings. The van der Waals surface area contributed by atoms with E-state index < -0.39 is 9.84 Å². The van der Waals surface area contributed by atoms with Crippen molar-refractivity contribution in [3.8, 4) is 0 Å². The van der Waals surface area contributed by atoms with Crippen molar-refractivity contribution in [2.75, 3.05) is 37.3 Å². The van der Waals surface area contributed by atoms with Crippen LogP contribution in [-0.2, 0) is 16.4 Å². The van der Waals surface area contributed by atoms with E-state index in [0.29, 0.717) is 10.7 Å². The number of sulfone groups is 1. The predicted octanol–water partition coefficient (Wildman–Crippen LogP) is 3.91. The van der Waals surface area contributed by atoms with Gasteiger partial charge in [-0.3, -0.25) is 4.90 Å². The average molecular weight is 494 g/mol. The molecule has 5 rings (SSSR count). The first-order valence-electron chi connectivity index (χ1n) is 11.2. The van der Waals surface area contributed by atoms with Crippen molar-refractivity contribution in [3.05, 3.63) is 78.0 Å². The van der Waals surface area contributed by atoms with Crippen LogP contribution in [0.4, 0.5) is 5.82 Å². The molecule has 0 atom stereocenters. The summed E-state index contributed by atoms with van der Waals surface area (Å²) in [5.74, 6) is 0.881. The lowest BCUT2D eigenvalue weighted by molar-refractivity contribution is 0.249. The van der Waals surface area contributed by atoms with Crippen molar-refractivity contribution in [2.45, 2.75) is 28.3 Å². The van der Waals surface area contributed by atoms with Crippen LogP contribution >= 0.6 is 11.8 Å². The fourth-order valence-corrected chi connectivity index (χ4v) is 6.78. The Balaban J connectivity index is 1.49. The molecule has 34 heavy (non-hydrogen) atoms. The molecule has 176 valence electrons. The lowest BCUT2D eigenvalue weighted by Crippen LogP contribution is -2.46. The first kappa shape index (κ1) is 22.9. The van der Waals surface area contributed by atoms with E-state index in [1.54, 1.807) is 28.8 Å². The topological polar surface area (TPSA) is 70.8 Å². The number of thioether (sulfide) groups is 1. The highest BCUT2D eigenvalue weighted by Gasteiger charge is 2.30. The van der Waals surface area contributed by atoms with Gasteiger partial charge < -0.3 is 4.90 Å². The van der Waals surface area contributed by atoms with Gasteiger partial charge in [0, 0.05) is 44.5 Å². The van der Waals surface area contributed by atoms with Gasteiger partial charge in [0.05, 0.1) is 4.90 Å². The number of piperazine rings is 1. The fourth-order valence-electron chi connectivity index (χ4n) is 4.37. The van der Waals surface area contributed by atoms with Crippen LogP contribution in [0.25, 0.3) is 5.65 Å². The monoisotopic (exact) mass is 493 g/mol. The smallest absolute Gasteiger partial charge is 0.213 e. The Morgan fingerprint density at radius 1 is 0.941 bits per heavy atom. The van der Waals surface area contributed by atoms with Crippen molar-refractivity contribution in [3.63, 3.8) is 0 Å². The Morgan fingerprint density at radius 2 is 1.59 bits per heavy atom. The number of hydrogen-bond donors (Lipinski definition) is 0. The van der Waals surface area contributed by atoms with Crippen LogP contribution in [0.1, 0.15) is 11.3 Å². The van der Waals surface area contributed by atoms with Gasteiger partial charge in [-0.15, -0.1) is 11.8 Å². The Labute approximate surface area is 204 Å². The van der Waals surface area contributed by atoms with E-state index in [4.69, 9.17) is 5.10 Å². The summed E-state index contributed by atoms with van der Waals surface area (Å²) < 4.78 is 28.9. The summed E-state index contributed by atoms with van der Waals surface area (Å²) in [6, 6.07) is 21.0. The van der Waals surface area contributed by atoms with E-state index in [2.05, 4.69) is 39.0 Å². The van der Waals surface area contributed by atoms with E-state index in [1.807, 2.05) is 31.4 Å². The minimum atomic E-state index is -3.77. The zero-order chi connectivity index (χ0) is 23.7. The quantitative estimate of drug-likeness (QED) is 0.377. The van der Waals surface area contributed by atoms with Gasteiger partial charge in [-0.1, -0.05) is 48.5 Å². The summed E-state index contributed by atoms with van der Waals surface area (Å²) >= 11 is 1.33. The summed E-state index contributed by atoms with van der Waals surface area (Å²) in [5.41, 5.74) is 2.46. The van der Waals surface area contributed by atoms with Gasteiger partial charge in [-0.05, 0) is 30.9 Å². The van der Waals surface area contributed by atoms with E-state index >= 15 is 0 Å². The molecule has 9 heteroatoms. The van der Waals surface area contributed by atoms with Crippen molar-refractivity contribution in [1.82, 2.24) is 19.5 Å². The third-order valence-electron chi connectivity index (χ3n) is 6.09. The van der Waals surface area contributed by atoms with Crippen LogP contribution in [0.15, 0.2) is 81.5 Å². The molecule has 0 N–H and O–H groups in total. The first-order valence-corrected chi connectivity index (χ1v) is 13.9. The molecule has 2 aromatic carbocycles. The lowest BCUT2D eigenvalue weighted by Gasteiger charge is -2.36.